The van der Waals surface area contributed by atoms with Crippen LogP contribution in [0.3, 0.4) is 0 Å². The zero-order valence-corrected chi connectivity index (χ0v) is 13.5. The highest BCUT2D eigenvalue weighted by Gasteiger charge is 2.29. The monoisotopic (exact) mass is 361 g/mol. The van der Waals surface area contributed by atoms with Crippen molar-refractivity contribution in [3.63, 3.8) is 0 Å². The number of para-hydroxylation sites is 2. The summed E-state index contributed by atoms with van der Waals surface area (Å²) in [5.41, 5.74) is 0.839. The van der Waals surface area contributed by atoms with Crippen LogP contribution in [-0.4, -0.2) is 22.3 Å². The van der Waals surface area contributed by atoms with Gasteiger partial charge in [-0.25, -0.2) is 4.79 Å². The van der Waals surface area contributed by atoms with E-state index in [0.29, 0.717) is 11.3 Å². The molecule has 3 rings (SSSR count). The molecule has 1 aliphatic heterocycles. The number of alkyl halides is 1. The van der Waals surface area contributed by atoms with Crippen LogP contribution in [0.5, 0.6) is 11.5 Å². The van der Waals surface area contributed by atoms with Crippen LogP contribution in [0.25, 0.3) is 6.08 Å². The second-order valence-electron chi connectivity index (χ2n) is 5.19. The first-order chi connectivity index (χ1) is 12.0. The largest absolute Gasteiger partial charge is 0.460 e. The zero-order valence-electron chi connectivity index (χ0n) is 12.7. The predicted molar refractivity (Wildman–Crippen MR) is 89.3 cm³/mol. The molecule has 1 heterocycles. The standard InChI is InChI=1S/C17H12ClNO6/c18-9-10-5-6-14-11(7-10)8-12(16(20)24-14)17(21)25-15-4-2-1-3-13(15)19(22)23/h1-8,16,20H,9H2. The van der Waals surface area contributed by atoms with Gasteiger partial charge in [-0.1, -0.05) is 18.2 Å². The van der Waals surface area contributed by atoms with E-state index in [9.17, 15) is 20.0 Å². The molecule has 0 spiro atoms. The molecule has 0 aromatic heterocycles. The SMILES string of the molecule is O=C(Oc1ccccc1[N+](=O)[O-])C1=Cc2cc(CCl)ccc2OC1O. The van der Waals surface area contributed by atoms with Crippen molar-refractivity contribution in [2.75, 3.05) is 0 Å². The average Bonchev–Trinajstić information content (AvgIpc) is 2.61. The Hall–Kier alpha value is -2.90. The Morgan fingerprint density at radius 3 is 2.80 bits per heavy atom. The van der Waals surface area contributed by atoms with Crippen molar-refractivity contribution in [2.45, 2.75) is 12.2 Å². The first-order valence-electron chi connectivity index (χ1n) is 7.20. The lowest BCUT2D eigenvalue weighted by Gasteiger charge is -2.22. The van der Waals surface area contributed by atoms with E-state index in [4.69, 9.17) is 21.1 Å². The number of nitro benzene ring substituents is 1. The third-order valence-corrected chi connectivity index (χ3v) is 3.85. The maximum absolute atomic E-state index is 12.3. The first-order valence-corrected chi connectivity index (χ1v) is 7.74. The fraction of sp³-hybridized carbons (Fsp3) is 0.118. The van der Waals surface area contributed by atoms with Crippen LogP contribution in [0.15, 0.2) is 48.0 Å². The normalized spacial score (nSPS) is 15.6. The Labute approximate surface area is 147 Å². The number of aliphatic hydroxyl groups excluding tert-OH is 1. The van der Waals surface area contributed by atoms with Crippen LogP contribution in [0.2, 0.25) is 0 Å². The molecule has 0 saturated heterocycles. The van der Waals surface area contributed by atoms with Gasteiger partial charge in [0, 0.05) is 17.5 Å². The Bertz CT molecular complexity index is 879. The summed E-state index contributed by atoms with van der Waals surface area (Å²) in [6.45, 7) is 0. The number of nitro groups is 1. The van der Waals surface area contributed by atoms with E-state index < -0.39 is 17.2 Å². The van der Waals surface area contributed by atoms with Gasteiger partial charge in [0.25, 0.3) is 0 Å². The Morgan fingerprint density at radius 1 is 1.32 bits per heavy atom. The molecular formula is C17H12ClNO6. The summed E-state index contributed by atoms with van der Waals surface area (Å²) < 4.78 is 10.4. The van der Waals surface area contributed by atoms with Gasteiger partial charge in [0.1, 0.15) is 11.3 Å². The highest BCUT2D eigenvalue weighted by molar-refractivity contribution is 6.17. The number of fused-ring (bicyclic) bond motifs is 1. The van der Waals surface area contributed by atoms with Crippen molar-refractivity contribution in [3.05, 3.63) is 69.3 Å². The number of hydrogen-bond acceptors (Lipinski definition) is 6. The van der Waals surface area contributed by atoms with E-state index >= 15 is 0 Å². The number of halogens is 1. The van der Waals surface area contributed by atoms with Crippen LogP contribution in [0.4, 0.5) is 5.69 Å². The second kappa shape index (κ2) is 6.92. The van der Waals surface area contributed by atoms with Gasteiger partial charge in [-0.3, -0.25) is 10.1 Å². The zero-order chi connectivity index (χ0) is 18.0. The third kappa shape index (κ3) is 3.47. The molecule has 2 aromatic rings. The minimum Gasteiger partial charge on any atom is -0.460 e. The van der Waals surface area contributed by atoms with E-state index in [1.165, 1.54) is 30.3 Å². The van der Waals surface area contributed by atoms with Crippen LogP contribution < -0.4 is 9.47 Å². The predicted octanol–water partition coefficient (Wildman–Crippen LogP) is 3.03. The van der Waals surface area contributed by atoms with E-state index in [1.54, 1.807) is 18.2 Å². The molecule has 25 heavy (non-hydrogen) atoms. The van der Waals surface area contributed by atoms with Gasteiger partial charge < -0.3 is 14.6 Å². The van der Waals surface area contributed by atoms with Crippen molar-refractivity contribution in [3.8, 4) is 11.5 Å². The van der Waals surface area contributed by atoms with Gasteiger partial charge in [-0.05, 0) is 29.8 Å². The first kappa shape index (κ1) is 16.9. The summed E-state index contributed by atoms with van der Waals surface area (Å²) in [5.74, 6) is -0.488. The lowest BCUT2D eigenvalue weighted by atomic mass is 10.0. The maximum atomic E-state index is 12.3. The molecule has 0 amide bonds. The molecular weight excluding hydrogens is 350 g/mol. The van der Waals surface area contributed by atoms with Crippen molar-refractivity contribution in [1.29, 1.82) is 0 Å². The molecule has 1 aliphatic rings. The molecule has 2 aromatic carbocycles. The maximum Gasteiger partial charge on any atom is 0.346 e. The number of carbonyl (C=O) groups is 1. The molecule has 7 nitrogen and oxygen atoms in total. The van der Waals surface area contributed by atoms with Gasteiger partial charge in [0.05, 0.1) is 4.92 Å². The Kier molecular flexibility index (Phi) is 4.69. The van der Waals surface area contributed by atoms with E-state index in [0.717, 1.165) is 5.56 Å². The summed E-state index contributed by atoms with van der Waals surface area (Å²) >= 11 is 5.79. The quantitative estimate of drug-likeness (QED) is 0.295. The molecule has 128 valence electrons. The summed E-state index contributed by atoms with van der Waals surface area (Å²) in [4.78, 5) is 22.7. The number of rotatable bonds is 4. The van der Waals surface area contributed by atoms with Crippen LogP contribution in [-0.2, 0) is 10.7 Å². The highest BCUT2D eigenvalue weighted by Crippen LogP contribution is 2.32. The Morgan fingerprint density at radius 2 is 2.08 bits per heavy atom. The van der Waals surface area contributed by atoms with E-state index in [2.05, 4.69) is 0 Å². The van der Waals surface area contributed by atoms with Crippen molar-refractivity contribution in [1.82, 2.24) is 0 Å². The number of hydrogen-bond donors (Lipinski definition) is 1. The number of esters is 1. The number of carbonyl (C=O) groups excluding carboxylic acids is 1. The van der Waals surface area contributed by atoms with Gasteiger partial charge in [0.15, 0.2) is 0 Å². The number of benzene rings is 2. The molecule has 1 unspecified atom stereocenters. The fourth-order valence-corrected chi connectivity index (χ4v) is 2.50. The third-order valence-electron chi connectivity index (χ3n) is 3.54. The highest BCUT2D eigenvalue weighted by atomic mass is 35.5. The second-order valence-corrected chi connectivity index (χ2v) is 5.46. The van der Waals surface area contributed by atoms with E-state index in [1.807, 2.05) is 0 Å². The molecule has 8 heteroatoms. The van der Waals surface area contributed by atoms with Gasteiger partial charge >= 0.3 is 11.7 Å². The minimum absolute atomic E-state index is 0.169. The Balaban J connectivity index is 1.91. The lowest BCUT2D eigenvalue weighted by molar-refractivity contribution is -0.385. The van der Waals surface area contributed by atoms with Crippen LogP contribution >= 0.6 is 11.6 Å². The van der Waals surface area contributed by atoms with Gasteiger partial charge in [0.2, 0.25) is 12.0 Å². The molecule has 0 aliphatic carbocycles. The van der Waals surface area contributed by atoms with Crippen molar-refractivity contribution >= 4 is 29.3 Å². The summed E-state index contributed by atoms with van der Waals surface area (Å²) in [5, 5.41) is 21.0. The van der Waals surface area contributed by atoms with Crippen LogP contribution in [0, 0.1) is 10.1 Å². The molecule has 1 atom stereocenters. The van der Waals surface area contributed by atoms with Crippen LogP contribution in [0.1, 0.15) is 11.1 Å². The number of nitrogens with zero attached hydrogens (tertiary/aromatic N) is 1. The molecule has 0 fully saturated rings. The number of aliphatic hydroxyl groups is 1. The van der Waals surface area contributed by atoms with Crippen molar-refractivity contribution < 1.29 is 24.3 Å². The lowest BCUT2D eigenvalue weighted by Crippen LogP contribution is -2.29. The smallest absolute Gasteiger partial charge is 0.346 e. The average molecular weight is 362 g/mol. The van der Waals surface area contributed by atoms with Gasteiger partial charge in [-0.15, -0.1) is 11.6 Å². The fourth-order valence-electron chi connectivity index (χ4n) is 2.34. The minimum atomic E-state index is -1.54. The summed E-state index contributed by atoms with van der Waals surface area (Å²) in [6.07, 6.45) is -0.124. The van der Waals surface area contributed by atoms with Crippen molar-refractivity contribution in [2.24, 2.45) is 0 Å². The van der Waals surface area contributed by atoms with E-state index in [-0.39, 0.29) is 22.9 Å². The molecule has 0 radical (unpaired) electrons. The molecule has 0 saturated carbocycles. The number of ether oxygens (including phenoxy) is 2. The molecule has 1 N–H and O–H groups in total. The molecule has 0 bridgehead atoms. The summed E-state index contributed by atoms with van der Waals surface area (Å²) in [7, 11) is 0. The van der Waals surface area contributed by atoms with Gasteiger partial charge in [-0.2, -0.15) is 0 Å². The summed E-state index contributed by atoms with van der Waals surface area (Å²) in [6, 6.07) is 10.6. The topological polar surface area (TPSA) is 98.9 Å².